The van der Waals surface area contributed by atoms with Gasteiger partial charge in [0.15, 0.2) is 0 Å². The molecule has 110 valence electrons. The van der Waals surface area contributed by atoms with Gasteiger partial charge in [-0.1, -0.05) is 11.6 Å². The summed E-state index contributed by atoms with van der Waals surface area (Å²) in [6.07, 6.45) is 0.221. The van der Waals surface area contributed by atoms with E-state index in [0.29, 0.717) is 11.4 Å². The number of carbonyl (C=O) groups is 3. The van der Waals surface area contributed by atoms with Gasteiger partial charge < -0.3 is 15.7 Å². The number of fused-ring (bicyclic) bond motifs is 1. The summed E-state index contributed by atoms with van der Waals surface area (Å²) in [5.41, 5.74) is 1.75. The van der Waals surface area contributed by atoms with E-state index in [9.17, 15) is 14.4 Å². The van der Waals surface area contributed by atoms with Crippen LogP contribution in [0.15, 0.2) is 23.3 Å². The smallest absolute Gasteiger partial charge is 0.331 e. The Labute approximate surface area is 125 Å². The van der Waals surface area contributed by atoms with Gasteiger partial charge >= 0.3 is 5.97 Å². The third-order valence-corrected chi connectivity index (χ3v) is 3.60. The summed E-state index contributed by atoms with van der Waals surface area (Å²) >= 11 is 6.05. The molecule has 7 heteroatoms. The van der Waals surface area contributed by atoms with Crippen LogP contribution in [0.1, 0.15) is 19.4 Å². The van der Waals surface area contributed by atoms with Gasteiger partial charge in [0, 0.05) is 16.8 Å². The number of hydrogen-bond acceptors (Lipinski definition) is 3. The Morgan fingerprint density at radius 3 is 2.57 bits per heavy atom. The maximum absolute atomic E-state index is 12.0. The van der Waals surface area contributed by atoms with Crippen LogP contribution in [0.2, 0.25) is 5.02 Å². The molecular formula is C14H13ClN2O4. The average Bonchev–Trinajstić information content (AvgIpc) is 2.76. The number of carboxylic acid groups (broad SMARTS) is 1. The number of carboxylic acids is 1. The van der Waals surface area contributed by atoms with E-state index in [4.69, 9.17) is 16.7 Å². The van der Waals surface area contributed by atoms with Gasteiger partial charge in [-0.15, -0.1) is 0 Å². The number of halogens is 1. The quantitative estimate of drug-likeness (QED) is 0.746. The summed E-state index contributed by atoms with van der Waals surface area (Å²) in [6.45, 7) is 2.77. The lowest BCUT2D eigenvalue weighted by Crippen LogP contribution is -2.16. The van der Waals surface area contributed by atoms with Gasteiger partial charge in [0.05, 0.1) is 17.1 Å². The van der Waals surface area contributed by atoms with Gasteiger partial charge in [0.25, 0.3) is 5.91 Å². The van der Waals surface area contributed by atoms with Crippen LogP contribution in [0.4, 0.5) is 11.4 Å². The molecule has 3 N–H and O–H groups in total. The minimum absolute atomic E-state index is 0.0402. The third-order valence-electron chi connectivity index (χ3n) is 3.29. The molecule has 0 spiro atoms. The van der Waals surface area contributed by atoms with Crippen molar-refractivity contribution in [3.63, 3.8) is 0 Å². The average molecular weight is 309 g/mol. The molecule has 2 amide bonds. The van der Waals surface area contributed by atoms with Crippen LogP contribution in [-0.2, 0) is 20.8 Å². The van der Waals surface area contributed by atoms with E-state index in [1.54, 1.807) is 12.1 Å². The van der Waals surface area contributed by atoms with Crippen LogP contribution >= 0.6 is 11.6 Å². The van der Waals surface area contributed by atoms with Crippen molar-refractivity contribution < 1.29 is 19.5 Å². The van der Waals surface area contributed by atoms with Crippen LogP contribution in [0.3, 0.4) is 0 Å². The van der Waals surface area contributed by atoms with Crippen molar-refractivity contribution in [3.8, 4) is 0 Å². The maximum atomic E-state index is 12.0. The van der Waals surface area contributed by atoms with E-state index < -0.39 is 11.9 Å². The molecule has 1 aromatic rings. The molecule has 21 heavy (non-hydrogen) atoms. The Hall–Kier alpha value is -2.34. The number of rotatable bonds is 3. The van der Waals surface area contributed by atoms with Gasteiger partial charge in [-0.2, -0.15) is 0 Å². The van der Waals surface area contributed by atoms with Crippen molar-refractivity contribution >= 4 is 40.8 Å². The molecule has 0 radical (unpaired) electrons. The number of amides is 2. The zero-order valence-corrected chi connectivity index (χ0v) is 12.2. The molecule has 2 rings (SSSR count). The largest absolute Gasteiger partial charge is 0.478 e. The van der Waals surface area contributed by atoms with E-state index in [1.807, 2.05) is 0 Å². The number of benzene rings is 1. The van der Waals surface area contributed by atoms with Gasteiger partial charge in [-0.25, -0.2) is 4.79 Å². The van der Waals surface area contributed by atoms with E-state index in [-0.39, 0.29) is 28.5 Å². The van der Waals surface area contributed by atoms with Crippen molar-refractivity contribution in [3.05, 3.63) is 33.9 Å². The van der Waals surface area contributed by atoms with Crippen LogP contribution in [0.25, 0.3) is 0 Å². The fourth-order valence-electron chi connectivity index (χ4n) is 1.89. The monoisotopic (exact) mass is 308 g/mol. The summed E-state index contributed by atoms with van der Waals surface area (Å²) in [5, 5.41) is 14.3. The predicted octanol–water partition coefficient (Wildman–Crippen LogP) is 2.19. The van der Waals surface area contributed by atoms with Gasteiger partial charge in [-0.05, 0) is 31.5 Å². The van der Waals surface area contributed by atoms with Crippen molar-refractivity contribution in [2.75, 3.05) is 10.6 Å². The summed E-state index contributed by atoms with van der Waals surface area (Å²) in [7, 11) is 0. The molecule has 1 aliphatic rings. The van der Waals surface area contributed by atoms with Crippen LogP contribution in [0, 0.1) is 0 Å². The summed E-state index contributed by atoms with van der Waals surface area (Å²) < 4.78 is 0. The predicted molar refractivity (Wildman–Crippen MR) is 78.4 cm³/mol. The molecular weight excluding hydrogens is 296 g/mol. The highest BCUT2D eigenvalue weighted by Crippen LogP contribution is 2.33. The second-order valence-electron chi connectivity index (χ2n) is 4.72. The maximum Gasteiger partial charge on any atom is 0.331 e. The molecule has 1 aliphatic heterocycles. The van der Waals surface area contributed by atoms with Crippen LogP contribution in [0.5, 0.6) is 0 Å². The van der Waals surface area contributed by atoms with Gasteiger partial charge in [-0.3, -0.25) is 9.59 Å². The summed E-state index contributed by atoms with van der Waals surface area (Å²) in [4.78, 5) is 34.1. The highest BCUT2D eigenvalue weighted by atomic mass is 35.5. The molecule has 1 heterocycles. The summed E-state index contributed by atoms with van der Waals surface area (Å²) in [6, 6.07) is 3.16. The molecule has 0 atom stereocenters. The van der Waals surface area contributed by atoms with Crippen molar-refractivity contribution in [2.45, 2.75) is 20.3 Å². The minimum atomic E-state index is -1.16. The minimum Gasteiger partial charge on any atom is -0.478 e. The molecule has 0 bridgehead atoms. The first kappa shape index (κ1) is 15.1. The molecule has 0 fully saturated rings. The van der Waals surface area contributed by atoms with Gasteiger partial charge in [0.1, 0.15) is 0 Å². The lowest BCUT2D eigenvalue weighted by atomic mass is 10.1. The number of carbonyl (C=O) groups excluding carboxylic acids is 2. The van der Waals surface area contributed by atoms with Crippen molar-refractivity contribution in [2.24, 2.45) is 0 Å². The van der Waals surface area contributed by atoms with Crippen molar-refractivity contribution in [1.82, 2.24) is 0 Å². The van der Waals surface area contributed by atoms with Crippen LogP contribution < -0.4 is 10.6 Å². The number of hydrogen-bond donors (Lipinski definition) is 3. The van der Waals surface area contributed by atoms with Gasteiger partial charge in [0.2, 0.25) is 5.91 Å². The first-order valence-electron chi connectivity index (χ1n) is 6.14. The van der Waals surface area contributed by atoms with E-state index in [1.165, 1.54) is 13.8 Å². The normalized spacial score (nSPS) is 14.1. The van der Waals surface area contributed by atoms with E-state index in [0.717, 1.165) is 5.56 Å². The lowest BCUT2D eigenvalue weighted by Gasteiger charge is -2.10. The Bertz CT molecular complexity index is 694. The highest BCUT2D eigenvalue weighted by molar-refractivity contribution is 6.34. The SMILES string of the molecule is CC(C(=O)O)=C(C)C(=O)Nc1cc2c(cc1Cl)NC(=O)C2. The Balaban J connectivity index is 2.27. The molecule has 6 nitrogen and oxygen atoms in total. The second-order valence-corrected chi connectivity index (χ2v) is 5.13. The molecule has 0 unspecified atom stereocenters. The van der Waals surface area contributed by atoms with Crippen LogP contribution in [-0.4, -0.2) is 22.9 Å². The fourth-order valence-corrected chi connectivity index (χ4v) is 2.10. The Morgan fingerprint density at radius 1 is 1.29 bits per heavy atom. The molecule has 0 saturated heterocycles. The Kier molecular flexibility index (Phi) is 3.99. The lowest BCUT2D eigenvalue weighted by molar-refractivity contribution is -0.133. The standard InChI is InChI=1S/C14H13ClN2O4/c1-6(7(2)14(20)21)13(19)17-11-3-8-4-12(18)16-10(8)5-9(11)15/h3,5H,4H2,1-2H3,(H,16,18)(H,17,19)(H,20,21). The summed E-state index contributed by atoms with van der Waals surface area (Å²) in [5.74, 6) is -1.84. The molecule has 0 aromatic heterocycles. The number of anilines is 2. The van der Waals surface area contributed by atoms with E-state index in [2.05, 4.69) is 10.6 Å². The third kappa shape index (κ3) is 3.05. The second kappa shape index (κ2) is 5.57. The fraction of sp³-hybridized carbons (Fsp3) is 0.214. The first-order chi connectivity index (χ1) is 9.79. The van der Waals surface area contributed by atoms with Crippen molar-refractivity contribution in [1.29, 1.82) is 0 Å². The number of aliphatic carboxylic acids is 1. The molecule has 0 saturated carbocycles. The topological polar surface area (TPSA) is 95.5 Å². The first-order valence-corrected chi connectivity index (χ1v) is 6.51. The zero-order valence-electron chi connectivity index (χ0n) is 11.4. The number of nitrogens with one attached hydrogen (secondary N) is 2. The Morgan fingerprint density at radius 2 is 1.95 bits per heavy atom. The molecule has 1 aromatic carbocycles. The molecule has 0 aliphatic carbocycles. The van der Waals surface area contributed by atoms with E-state index >= 15 is 0 Å². The highest BCUT2D eigenvalue weighted by Gasteiger charge is 2.21. The zero-order chi connectivity index (χ0) is 15.7.